The van der Waals surface area contributed by atoms with Crippen molar-refractivity contribution in [1.82, 2.24) is 25.4 Å². The first-order chi connectivity index (χ1) is 18.4. The van der Waals surface area contributed by atoms with Crippen molar-refractivity contribution in [2.24, 2.45) is 5.92 Å². The van der Waals surface area contributed by atoms with Gasteiger partial charge >= 0.3 is 0 Å². The van der Waals surface area contributed by atoms with Crippen molar-refractivity contribution in [2.45, 2.75) is 19.3 Å². The number of benzene rings is 1. The van der Waals surface area contributed by atoms with E-state index in [9.17, 15) is 14.4 Å². The van der Waals surface area contributed by atoms with Crippen molar-refractivity contribution < 1.29 is 23.2 Å². The fourth-order valence-corrected chi connectivity index (χ4v) is 4.26. The van der Waals surface area contributed by atoms with Crippen molar-refractivity contribution in [1.29, 1.82) is 0 Å². The number of nitrogens with one attached hydrogen (secondary N) is 3. The lowest BCUT2D eigenvalue weighted by Crippen LogP contribution is -2.23. The van der Waals surface area contributed by atoms with Crippen molar-refractivity contribution >= 4 is 46.3 Å². The molecule has 2 aromatic heterocycles. The number of amides is 3. The van der Waals surface area contributed by atoms with Crippen LogP contribution in [0, 0.1) is 5.92 Å². The minimum Gasteiger partial charge on any atom is -0.494 e. The third-order valence-corrected chi connectivity index (χ3v) is 6.45. The van der Waals surface area contributed by atoms with Gasteiger partial charge < -0.3 is 25.6 Å². The van der Waals surface area contributed by atoms with Gasteiger partial charge in [-0.1, -0.05) is 6.07 Å². The zero-order valence-electron chi connectivity index (χ0n) is 22.9. The number of hydrogen-bond donors (Lipinski definition) is 3. The van der Waals surface area contributed by atoms with Crippen LogP contribution in [-0.2, 0) is 16.0 Å². The Morgan fingerprint density at radius 1 is 1.22 bits per heavy atom. The van der Waals surface area contributed by atoms with E-state index in [2.05, 4.69) is 25.8 Å². The minimum atomic E-state index is -2.75. The van der Waals surface area contributed by atoms with Crippen LogP contribution in [-0.4, -0.2) is 66.0 Å². The zero-order chi connectivity index (χ0) is 28.3. The molecule has 0 spiro atoms. The average Bonchev–Trinajstić information content (AvgIpc) is 3.62. The van der Waals surface area contributed by atoms with E-state index < -0.39 is 12.9 Å². The first-order valence-electron chi connectivity index (χ1n) is 12.6. The van der Waals surface area contributed by atoms with Crippen LogP contribution in [0.1, 0.15) is 32.3 Å². The minimum absolute atomic E-state index is 0.0507. The molecular formula is C24H27N7O4S. The van der Waals surface area contributed by atoms with Gasteiger partial charge in [0.1, 0.15) is 5.01 Å². The largest absolute Gasteiger partial charge is 0.494 e. The van der Waals surface area contributed by atoms with E-state index in [1.165, 1.54) is 29.4 Å². The van der Waals surface area contributed by atoms with Crippen LogP contribution in [0.25, 0.3) is 10.6 Å². The number of thiazole rings is 1. The first kappa shape index (κ1) is 21.2. The van der Waals surface area contributed by atoms with Crippen LogP contribution in [0.4, 0.5) is 17.2 Å². The topological polar surface area (TPSA) is 138 Å². The predicted octanol–water partition coefficient (Wildman–Crippen LogP) is 2.69. The Balaban J connectivity index is 1.68. The molecule has 3 amide bonds. The summed E-state index contributed by atoms with van der Waals surface area (Å²) < 4.78 is 27.8. The van der Waals surface area contributed by atoms with Crippen LogP contribution in [0.5, 0.6) is 5.75 Å². The van der Waals surface area contributed by atoms with Crippen LogP contribution in [0.3, 0.4) is 0 Å². The molecule has 3 N–H and O–H groups in total. The lowest BCUT2D eigenvalue weighted by molar-refractivity contribution is -0.127. The van der Waals surface area contributed by atoms with E-state index in [0.717, 1.165) is 17.7 Å². The van der Waals surface area contributed by atoms with Crippen LogP contribution < -0.4 is 20.7 Å². The molecule has 2 heterocycles. The standard InChI is InChI=1S/C24H27N7O4S/c1-25-23(34)20-17(11-18(29-30-20)28-22(33)13-8-9-13)27-16-7-5-6-15(21(16)35-4)24-26-12-14(36-24)10-19(32)31(2)3/h5-7,11-13H,8-10H2,1-4H3,(H,25,34)(H2,27,28,29,33)/i1D3. The molecule has 3 aromatic rings. The van der Waals surface area contributed by atoms with E-state index in [1.54, 1.807) is 38.5 Å². The molecular weight excluding hydrogens is 482 g/mol. The van der Waals surface area contributed by atoms with Gasteiger partial charge in [0.25, 0.3) is 5.91 Å². The molecule has 1 aliphatic rings. The van der Waals surface area contributed by atoms with E-state index in [0.29, 0.717) is 22.0 Å². The molecule has 1 saturated carbocycles. The van der Waals surface area contributed by atoms with Crippen LogP contribution in [0.15, 0.2) is 30.5 Å². The number of nitrogens with zero attached hydrogens (tertiary/aromatic N) is 4. The van der Waals surface area contributed by atoms with Gasteiger partial charge in [-0.15, -0.1) is 21.5 Å². The van der Waals surface area contributed by atoms with Gasteiger partial charge in [0.2, 0.25) is 11.8 Å². The third kappa shape index (κ3) is 5.60. The molecule has 12 heteroatoms. The fourth-order valence-electron chi connectivity index (χ4n) is 3.34. The molecule has 4 rings (SSSR count). The summed E-state index contributed by atoms with van der Waals surface area (Å²) in [5.41, 5.74) is 0.867. The van der Waals surface area contributed by atoms with Gasteiger partial charge in [0.15, 0.2) is 17.3 Å². The molecule has 0 aliphatic heterocycles. The summed E-state index contributed by atoms with van der Waals surface area (Å²) in [6.07, 6.45) is 3.43. The maximum atomic E-state index is 12.7. The fraction of sp³-hybridized carbons (Fsp3) is 0.333. The van der Waals surface area contributed by atoms with E-state index in [1.807, 2.05) is 5.32 Å². The lowest BCUT2D eigenvalue weighted by Gasteiger charge is -2.16. The van der Waals surface area contributed by atoms with Crippen molar-refractivity contribution in [3.05, 3.63) is 41.0 Å². The normalized spacial score (nSPS) is 14.1. The molecule has 188 valence electrons. The SMILES string of the molecule is [2H]C([2H])([2H])NC(=O)c1nnc(NC(=O)C2CC2)cc1Nc1cccc(-c2ncc(CC(=O)N(C)C)s2)c1OC. The van der Waals surface area contributed by atoms with Gasteiger partial charge in [-0.3, -0.25) is 14.4 Å². The smallest absolute Gasteiger partial charge is 0.273 e. The highest BCUT2D eigenvalue weighted by Crippen LogP contribution is 2.40. The Bertz CT molecular complexity index is 1410. The Labute approximate surface area is 216 Å². The van der Waals surface area contributed by atoms with Gasteiger partial charge in [0, 0.05) is 48.2 Å². The maximum absolute atomic E-state index is 12.7. The van der Waals surface area contributed by atoms with Crippen molar-refractivity contribution in [3.63, 3.8) is 0 Å². The van der Waals surface area contributed by atoms with Gasteiger partial charge in [-0.05, 0) is 25.0 Å². The van der Waals surface area contributed by atoms with E-state index in [-0.39, 0.29) is 41.4 Å². The number of carbonyl (C=O) groups excluding carboxylic acids is 3. The molecule has 0 unspecified atom stereocenters. The summed E-state index contributed by atoms with van der Waals surface area (Å²) in [6.45, 7) is -2.75. The number of hydrogen-bond acceptors (Lipinski definition) is 9. The second-order valence-corrected chi connectivity index (χ2v) is 9.43. The molecule has 1 aromatic carbocycles. The summed E-state index contributed by atoms with van der Waals surface area (Å²) >= 11 is 1.35. The Hall–Kier alpha value is -4.06. The third-order valence-electron chi connectivity index (χ3n) is 5.42. The summed E-state index contributed by atoms with van der Waals surface area (Å²) in [5, 5.41) is 16.0. The molecule has 0 atom stereocenters. The summed E-state index contributed by atoms with van der Waals surface area (Å²) in [7, 11) is 4.85. The molecule has 0 bridgehead atoms. The number of rotatable bonds is 9. The van der Waals surface area contributed by atoms with Crippen molar-refractivity contribution in [2.75, 3.05) is 38.8 Å². The summed E-state index contributed by atoms with van der Waals surface area (Å²) in [5.74, 6) is -0.831. The highest BCUT2D eigenvalue weighted by Gasteiger charge is 2.30. The lowest BCUT2D eigenvalue weighted by atomic mass is 10.1. The van der Waals surface area contributed by atoms with Crippen LogP contribution in [0.2, 0.25) is 0 Å². The Morgan fingerprint density at radius 2 is 2.03 bits per heavy atom. The van der Waals surface area contributed by atoms with Gasteiger partial charge in [-0.25, -0.2) is 4.98 Å². The van der Waals surface area contributed by atoms with Crippen LogP contribution >= 0.6 is 11.3 Å². The maximum Gasteiger partial charge on any atom is 0.273 e. The number of methoxy groups -OCH3 is 1. The molecule has 1 fully saturated rings. The first-order valence-corrected chi connectivity index (χ1v) is 11.9. The Kier molecular flexibility index (Phi) is 6.31. The Morgan fingerprint density at radius 3 is 2.72 bits per heavy atom. The molecule has 1 aliphatic carbocycles. The molecule has 11 nitrogen and oxygen atoms in total. The summed E-state index contributed by atoms with van der Waals surface area (Å²) in [4.78, 5) is 43.8. The highest BCUT2D eigenvalue weighted by atomic mass is 32.1. The van der Waals surface area contributed by atoms with E-state index >= 15 is 0 Å². The number of para-hydroxylation sites is 1. The number of anilines is 3. The quantitative estimate of drug-likeness (QED) is 0.398. The van der Waals surface area contributed by atoms with E-state index in [4.69, 9.17) is 8.85 Å². The number of carbonyl (C=O) groups is 3. The highest BCUT2D eigenvalue weighted by molar-refractivity contribution is 7.15. The molecule has 0 radical (unpaired) electrons. The second-order valence-electron chi connectivity index (χ2n) is 8.32. The van der Waals surface area contributed by atoms with Gasteiger partial charge in [0.05, 0.1) is 30.5 Å². The molecule has 36 heavy (non-hydrogen) atoms. The second kappa shape index (κ2) is 10.7. The number of aromatic nitrogens is 3. The van der Waals surface area contributed by atoms with Crippen molar-refractivity contribution in [3.8, 4) is 16.3 Å². The number of ether oxygens (including phenoxy) is 1. The summed E-state index contributed by atoms with van der Waals surface area (Å²) in [6, 6.07) is 6.65. The average molecular weight is 513 g/mol. The number of likely N-dealkylation sites (N-methyl/N-ethyl adjacent to an activating group) is 1. The zero-order valence-corrected chi connectivity index (χ0v) is 20.7. The molecule has 0 saturated heterocycles. The monoisotopic (exact) mass is 512 g/mol. The van der Waals surface area contributed by atoms with Gasteiger partial charge in [-0.2, -0.15) is 0 Å². The predicted molar refractivity (Wildman–Crippen MR) is 137 cm³/mol.